The third kappa shape index (κ3) is 3.11. The van der Waals surface area contributed by atoms with E-state index in [1.807, 2.05) is 0 Å². The first-order valence-electron chi connectivity index (χ1n) is 6.48. The SMILES string of the molecule is NCc1ccc(C(=O)NC2CCCCCC2O)o1. The number of rotatable bonds is 3. The van der Waals surface area contributed by atoms with E-state index in [0.29, 0.717) is 5.76 Å². The Morgan fingerprint density at radius 2 is 2.17 bits per heavy atom. The van der Waals surface area contributed by atoms with Crippen molar-refractivity contribution >= 4 is 5.91 Å². The lowest BCUT2D eigenvalue weighted by molar-refractivity contribution is 0.0793. The Kier molecular flexibility index (Phi) is 4.38. The van der Waals surface area contributed by atoms with Crippen molar-refractivity contribution in [2.24, 2.45) is 5.73 Å². The van der Waals surface area contributed by atoms with E-state index >= 15 is 0 Å². The normalized spacial score (nSPS) is 24.6. The second-order valence-electron chi connectivity index (χ2n) is 4.76. The smallest absolute Gasteiger partial charge is 0.287 e. The van der Waals surface area contributed by atoms with E-state index in [1.165, 1.54) is 0 Å². The van der Waals surface area contributed by atoms with Gasteiger partial charge in [-0.2, -0.15) is 0 Å². The molecule has 100 valence electrons. The van der Waals surface area contributed by atoms with Crippen LogP contribution >= 0.6 is 0 Å². The number of carbonyl (C=O) groups is 1. The summed E-state index contributed by atoms with van der Waals surface area (Å²) in [5.41, 5.74) is 5.42. The largest absolute Gasteiger partial charge is 0.455 e. The second-order valence-corrected chi connectivity index (χ2v) is 4.76. The number of nitrogens with one attached hydrogen (secondary N) is 1. The van der Waals surface area contributed by atoms with Gasteiger partial charge < -0.3 is 20.6 Å². The number of furan rings is 1. The summed E-state index contributed by atoms with van der Waals surface area (Å²) < 4.78 is 5.28. The molecule has 1 heterocycles. The van der Waals surface area contributed by atoms with Crippen LogP contribution in [0.2, 0.25) is 0 Å². The fraction of sp³-hybridized carbons (Fsp3) is 0.615. The Labute approximate surface area is 106 Å². The van der Waals surface area contributed by atoms with Crippen molar-refractivity contribution in [1.29, 1.82) is 0 Å². The van der Waals surface area contributed by atoms with Crippen molar-refractivity contribution < 1.29 is 14.3 Å². The van der Waals surface area contributed by atoms with Crippen molar-refractivity contribution in [3.05, 3.63) is 23.7 Å². The molecule has 0 spiro atoms. The molecule has 5 nitrogen and oxygen atoms in total. The van der Waals surface area contributed by atoms with Gasteiger partial charge in [0, 0.05) is 0 Å². The molecule has 18 heavy (non-hydrogen) atoms. The van der Waals surface area contributed by atoms with Gasteiger partial charge in [0.2, 0.25) is 0 Å². The summed E-state index contributed by atoms with van der Waals surface area (Å²) in [7, 11) is 0. The molecular formula is C13H20N2O3. The highest BCUT2D eigenvalue weighted by Crippen LogP contribution is 2.18. The number of hydrogen-bond acceptors (Lipinski definition) is 4. The van der Waals surface area contributed by atoms with Crippen LogP contribution in [0.15, 0.2) is 16.5 Å². The minimum Gasteiger partial charge on any atom is -0.455 e. The summed E-state index contributed by atoms with van der Waals surface area (Å²) in [6.07, 6.45) is 4.27. The third-order valence-electron chi connectivity index (χ3n) is 3.38. The van der Waals surface area contributed by atoms with E-state index in [1.54, 1.807) is 12.1 Å². The molecule has 0 aromatic carbocycles. The average molecular weight is 252 g/mol. The predicted octanol–water partition coefficient (Wildman–Crippen LogP) is 1.16. The van der Waals surface area contributed by atoms with Crippen LogP contribution in [0.5, 0.6) is 0 Å². The van der Waals surface area contributed by atoms with Gasteiger partial charge in [-0.15, -0.1) is 0 Å². The lowest BCUT2D eigenvalue weighted by Crippen LogP contribution is -2.42. The molecule has 2 rings (SSSR count). The molecule has 0 radical (unpaired) electrons. The zero-order valence-corrected chi connectivity index (χ0v) is 10.4. The highest BCUT2D eigenvalue weighted by Gasteiger charge is 2.24. The minimum atomic E-state index is -0.458. The van der Waals surface area contributed by atoms with Crippen LogP contribution in [0.3, 0.4) is 0 Å². The molecule has 1 aromatic heterocycles. The summed E-state index contributed by atoms with van der Waals surface area (Å²) in [5, 5.41) is 12.8. The first-order chi connectivity index (χ1) is 8.70. The van der Waals surface area contributed by atoms with Crippen molar-refractivity contribution in [2.45, 2.75) is 50.8 Å². The van der Waals surface area contributed by atoms with Crippen LogP contribution in [0.1, 0.15) is 48.4 Å². The molecule has 5 heteroatoms. The molecule has 1 saturated carbocycles. The number of aliphatic hydroxyl groups excluding tert-OH is 1. The molecule has 2 atom stereocenters. The Balaban J connectivity index is 1.97. The van der Waals surface area contributed by atoms with E-state index in [9.17, 15) is 9.90 Å². The van der Waals surface area contributed by atoms with Crippen LogP contribution < -0.4 is 11.1 Å². The van der Waals surface area contributed by atoms with Crippen molar-refractivity contribution in [1.82, 2.24) is 5.32 Å². The number of hydrogen-bond donors (Lipinski definition) is 3. The molecule has 0 saturated heterocycles. The third-order valence-corrected chi connectivity index (χ3v) is 3.38. The van der Waals surface area contributed by atoms with Crippen LogP contribution in [0.4, 0.5) is 0 Å². The predicted molar refractivity (Wildman–Crippen MR) is 66.9 cm³/mol. The Hall–Kier alpha value is -1.33. The van der Waals surface area contributed by atoms with E-state index in [2.05, 4.69) is 5.32 Å². The summed E-state index contributed by atoms with van der Waals surface area (Å²) in [5.74, 6) is 0.564. The highest BCUT2D eigenvalue weighted by molar-refractivity contribution is 5.91. The molecule has 0 aliphatic heterocycles. The summed E-state index contributed by atoms with van der Waals surface area (Å²) in [4.78, 5) is 11.9. The number of aliphatic hydroxyl groups is 1. The van der Waals surface area contributed by atoms with Crippen molar-refractivity contribution in [3.8, 4) is 0 Å². The molecule has 0 bridgehead atoms. The van der Waals surface area contributed by atoms with Gasteiger partial charge in [0.15, 0.2) is 5.76 Å². The number of amides is 1. The van der Waals surface area contributed by atoms with Crippen molar-refractivity contribution in [2.75, 3.05) is 0 Å². The van der Waals surface area contributed by atoms with Gasteiger partial charge in [-0.05, 0) is 25.0 Å². The highest BCUT2D eigenvalue weighted by atomic mass is 16.4. The van der Waals surface area contributed by atoms with Gasteiger partial charge >= 0.3 is 0 Å². The summed E-state index contributed by atoms with van der Waals surface area (Å²) in [6, 6.07) is 3.13. The molecule has 1 aliphatic rings. The lowest BCUT2D eigenvalue weighted by Gasteiger charge is -2.21. The second kappa shape index (κ2) is 6.02. The Morgan fingerprint density at radius 3 is 2.89 bits per heavy atom. The Morgan fingerprint density at radius 1 is 1.39 bits per heavy atom. The molecule has 4 N–H and O–H groups in total. The number of nitrogens with two attached hydrogens (primary N) is 1. The fourth-order valence-electron chi connectivity index (χ4n) is 2.31. The van der Waals surface area contributed by atoms with Crippen LogP contribution in [-0.2, 0) is 6.54 Å². The maximum atomic E-state index is 11.9. The average Bonchev–Trinajstić information content (AvgIpc) is 2.77. The fourth-order valence-corrected chi connectivity index (χ4v) is 2.31. The van der Waals surface area contributed by atoms with Gasteiger partial charge in [0.05, 0.1) is 18.7 Å². The molecular weight excluding hydrogens is 232 g/mol. The van der Waals surface area contributed by atoms with Crippen molar-refractivity contribution in [3.63, 3.8) is 0 Å². The lowest BCUT2D eigenvalue weighted by atomic mass is 10.1. The number of carbonyl (C=O) groups excluding carboxylic acids is 1. The molecule has 1 aromatic rings. The van der Waals surface area contributed by atoms with Gasteiger partial charge in [-0.1, -0.05) is 19.3 Å². The van der Waals surface area contributed by atoms with Gasteiger partial charge in [-0.3, -0.25) is 4.79 Å². The molecule has 1 amide bonds. The topological polar surface area (TPSA) is 88.5 Å². The van der Waals surface area contributed by atoms with E-state index in [0.717, 1.165) is 32.1 Å². The van der Waals surface area contributed by atoms with E-state index in [4.69, 9.17) is 10.2 Å². The summed E-state index contributed by atoms with van der Waals surface area (Å²) >= 11 is 0. The first-order valence-corrected chi connectivity index (χ1v) is 6.48. The Bertz CT molecular complexity index is 403. The molecule has 2 unspecified atom stereocenters. The quantitative estimate of drug-likeness (QED) is 0.704. The van der Waals surface area contributed by atoms with E-state index < -0.39 is 6.10 Å². The van der Waals surface area contributed by atoms with Gasteiger partial charge in [0.1, 0.15) is 5.76 Å². The van der Waals surface area contributed by atoms with Gasteiger partial charge in [-0.25, -0.2) is 0 Å². The minimum absolute atomic E-state index is 0.175. The zero-order valence-electron chi connectivity index (χ0n) is 10.4. The van der Waals surface area contributed by atoms with Gasteiger partial charge in [0.25, 0.3) is 5.91 Å². The zero-order chi connectivity index (χ0) is 13.0. The first kappa shape index (κ1) is 13.1. The van der Waals surface area contributed by atoms with Crippen LogP contribution in [0.25, 0.3) is 0 Å². The molecule has 1 aliphatic carbocycles. The molecule has 1 fully saturated rings. The van der Waals surface area contributed by atoms with E-state index in [-0.39, 0.29) is 24.3 Å². The summed E-state index contributed by atoms with van der Waals surface area (Å²) in [6.45, 7) is 0.277. The monoisotopic (exact) mass is 252 g/mol. The standard InChI is InChI=1S/C13H20N2O3/c14-8-9-6-7-12(18-9)13(17)15-10-4-2-1-3-5-11(10)16/h6-7,10-11,16H,1-5,8,14H2,(H,15,17). The maximum Gasteiger partial charge on any atom is 0.287 e. The van der Waals surface area contributed by atoms with Crippen LogP contribution in [0, 0.1) is 0 Å². The van der Waals surface area contributed by atoms with Crippen LogP contribution in [-0.4, -0.2) is 23.2 Å². The maximum absolute atomic E-state index is 11.9.